The average Bonchev–Trinajstić information content (AvgIpc) is 3.25. The fourth-order valence-electron chi connectivity index (χ4n) is 3.56. The number of hydrogen-bond donors (Lipinski definition) is 1. The van der Waals surface area contributed by atoms with Crippen molar-refractivity contribution in [1.82, 2.24) is 9.88 Å². The molecule has 2 aromatic carbocycles. The van der Waals surface area contributed by atoms with Crippen LogP contribution in [0, 0.1) is 0 Å². The van der Waals surface area contributed by atoms with E-state index in [-0.39, 0.29) is 17.2 Å². The Bertz CT molecular complexity index is 1150. The zero-order valence-corrected chi connectivity index (χ0v) is 16.7. The van der Waals surface area contributed by atoms with Crippen LogP contribution in [0.3, 0.4) is 0 Å². The molecule has 0 saturated carbocycles. The van der Waals surface area contributed by atoms with E-state index in [0.29, 0.717) is 23.5 Å². The highest BCUT2D eigenvalue weighted by Gasteiger charge is 2.38. The molecular weight excluding hydrogens is 392 g/mol. The molecule has 2 heterocycles. The minimum atomic E-state index is -0.485. The molecule has 1 N–H and O–H groups in total. The molecule has 0 fully saturated rings. The largest absolute Gasteiger partial charge is 0.493 e. The Labute approximate surface area is 172 Å². The van der Waals surface area contributed by atoms with E-state index in [1.807, 2.05) is 30.5 Å². The van der Waals surface area contributed by atoms with Gasteiger partial charge in [-0.2, -0.15) is 0 Å². The first kappa shape index (κ1) is 19.1. The molecule has 4 rings (SSSR count). The normalized spacial score (nSPS) is 14.2. The number of nitrogens with zero attached hydrogens (tertiary/aromatic N) is 1. The third kappa shape index (κ3) is 3.25. The molecule has 148 valence electrons. The van der Waals surface area contributed by atoms with Gasteiger partial charge in [-0.25, -0.2) is 0 Å². The predicted molar refractivity (Wildman–Crippen MR) is 111 cm³/mol. The topological polar surface area (TPSA) is 71.6 Å². The molecule has 1 aliphatic rings. The molecule has 6 nitrogen and oxygen atoms in total. The van der Waals surface area contributed by atoms with Gasteiger partial charge in [0.1, 0.15) is 5.03 Å². The van der Waals surface area contributed by atoms with Gasteiger partial charge in [-0.3, -0.25) is 14.5 Å². The number of ether oxygens (including phenoxy) is 2. The van der Waals surface area contributed by atoms with Crippen molar-refractivity contribution in [3.8, 4) is 11.5 Å². The number of H-pyrrole nitrogens is 1. The van der Waals surface area contributed by atoms with Gasteiger partial charge in [-0.1, -0.05) is 35.9 Å². The highest BCUT2D eigenvalue weighted by Crippen LogP contribution is 2.36. The number of hydrogen-bond acceptors (Lipinski definition) is 4. The van der Waals surface area contributed by atoms with Crippen molar-refractivity contribution >= 4 is 39.9 Å². The van der Waals surface area contributed by atoms with Crippen LogP contribution in [0.5, 0.6) is 11.5 Å². The SMILES string of the molecule is COc1ccc(C2=C(Cl)C(=O)N(CCc3c[nH]c4ccccc34)C2=O)cc1OC. The van der Waals surface area contributed by atoms with E-state index in [2.05, 4.69) is 4.98 Å². The van der Waals surface area contributed by atoms with E-state index in [4.69, 9.17) is 21.1 Å². The molecule has 2 amide bonds. The summed E-state index contributed by atoms with van der Waals surface area (Å²) in [5, 5.41) is 0.993. The lowest BCUT2D eigenvalue weighted by Gasteiger charge is -2.15. The summed E-state index contributed by atoms with van der Waals surface area (Å²) in [6.45, 7) is 0.243. The van der Waals surface area contributed by atoms with Gasteiger partial charge in [0.05, 0.1) is 19.8 Å². The lowest BCUT2D eigenvalue weighted by molar-refractivity contribution is -0.136. The summed E-state index contributed by atoms with van der Waals surface area (Å²) in [5.74, 6) is 0.0914. The number of para-hydroxylation sites is 1. The molecule has 0 unspecified atom stereocenters. The first-order valence-electron chi connectivity index (χ1n) is 9.08. The van der Waals surface area contributed by atoms with Gasteiger partial charge < -0.3 is 14.5 Å². The maximum absolute atomic E-state index is 13.0. The first-order valence-corrected chi connectivity index (χ1v) is 9.46. The van der Waals surface area contributed by atoms with Gasteiger partial charge in [0.25, 0.3) is 11.8 Å². The number of rotatable bonds is 6. The molecule has 1 aromatic heterocycles. The first-order chi connectivity index (χ1) is 14.0. The van der Waals surface area contributed by atoms with Crippen LogP contribution in [0.25, 0.3) is 16.5 Å². The Hall–Kier alpha value is -3.25. The molecule has 0 aliphatic carbocycles. The Balaban J connectivity index is 1.58. The zero-order chi connectivity index (χ0) is 20.5. The second-order valence-corrected chi connectivity index (χ2v) is 7.01. The van der Waals surface area contributed by atoms with E-state index in [0.717, 1.165) is 16.5 Å². The minimum absolute atomic E-state index is 0.0823. The molecule has 0 spiro atoms. The second-order valence-electron chi connectivity index (χ2n) is 6.63. The number of aromatic nitrogens is 1. The van der Waals surface area contributed by atoms with Gasteiger partial charge in [0.2, 0.25) is 0 Å². The highest BCUT2D eigenvalue weighted by molar-refractivity contribution is 6.55. The molecule has 0 atom stereocenters. The fraction of sp³-hybridized carbons (Fsp3) is 0.182. The second kappa shape index (κ2) is 7.64. The van der Waals surface area contributed by atoms with Gasteiger partial charge in [0.15, 0.2) is 11.5 Å². The van der Waals surface area contributed by atoms with E-state index >= 15 is 0 Å². The summed E-state index contributed by atoms with van der Waals surface area (Å²) in [4.78, 5) is 30.0. The van der Waals surface area contributed by atoms with Crippen molar-refractivity contribution in [2.24, 2.45) is 0 Å². The smallest absolute Gasteiger partial charge is 0.273 e. The van der Waals surface area contributed by atoms with Gasteiger partial charge >= 0.3 is 0 Å². The summed E-state index contributed by atoms with van der Waals surface area (Å²) < 4.78 is 10.5. The Morgan fingerprint density at radius 3 is 2.52 bits per heavy atom. The van der Waals surface area contributed by atoms with E-state index < -0.39 is 11.8 Å². The van der Waals surface area contributed by atoms with Crippen LogP contribution in [-0.2, 0) is 16.0 Å². The number of methoxy groups -OCH3 is 2. The number of amides is 2. The Kier molecular flexibility index (Phi) is 5.03. The summed E-state index contributed by atoms with van der Waals surface area (Å²) in [6, 6.07) is 12.9. The lowest BCUT2D eigenvalue weighted by Crippen LogP contribution is -2.33. The third-order valence-corrected chi connectivity index (χ3v) is 5.41. The molecule has 0 bridgehead atoms. The van der Waals surface area contributed by atoms with Crippen molar-refractivity contribution in [3.63, 3.8) is 0 Å². The van der Waals surface area contributed by atoms with Crippen LogP contribution >= 0.6 is 11.6 Å². The van der Waals surface area contributed by atoms with Crippen molar-refractivity contribution in [2.75, 3.05) is 20.8 Å². The number of fused-ring (bicyclic) bond motifs is 1. The van der Waals surface area contributed by atoms with E-state index in [1.165, 1.54) is 19.1 Å². The third-order valence-electron chi connectivity index (χ3n) is 5.06. The van der Waals surface area contributed by atoms with Crippen LogP contribution < -0.4 is 9.47 Å². The molecule has 0 saturated heterocycles. The maximum Gasteiger partial charge on any atom is 0.273 e. The van der Waals surface area contributed by atoms with Crippen LogP contribution in [0.2, 0.25) is 0 Å². The molecule has 7 heteroatoms. The van der Waals surface area contributed by atoms with Crippen LogP contribution in [0.1, 0.15) is 11.1 Å². The quantitative estimate of drug-likeness (QED) is 0.628. The number of carbonyl (C=O) groups excluding carboxylic acids is 2. The number of benzene rings is 2. The minimum Gasteiger partial charge on any atom is -0.493 e. The number of nitrogens with one attached hydrogen (secondary N) is 1. The van der Waals surface area contributed by atoms with Crippen molar-refractivity contribution in [1.29, 1.82) is 0 Å². The summed E-state index contributed by atoms with van der Waals surface area (Å²) in [6.07, 6.45) is 2.44. The number of aromatic amines is 1. The summed E-state index contributed by atoms with van der Waals surface area (Å²) in [5.41, 5.74) is 2.75. The van der Waals surface area contributed by atoms with Crippen molar-refractivity contribution in [3.05, 3.63) is 64.8 Å². The average molecular weight is 411 g/mol. The summed E-state index contributed by atoms with van der Waals surface area (Å²) in [7, 11) is 3.03. The molecule has 3 aromatic rings. The monoisotopic (exact) mass is 410 g/mol. The molecular formula is C22H19ClN2O4. The van der Waals surface area contributed by atoms with Crippen molar-refractivity contribution < 1.29 is 19.1 Å². The number of carbonyl (C=O) groups is 2. The standard InChI is InChI=1S/C22H19ClN2O4/c1-28-17-8-7-13(11-18(17)29-2)19-20(23)22(27)25(21(19)26)10-9-14-12-24-16-6-4-3-5-15(14)16/h3-8,11-12,24H,9-10H2,1-2H3. The molecule has 1 aliphatic heterocycles. The lowest BCUT2D eigenvalue weighted by atomic mass is 10.1. The van der Waals surface area contributed by atoms with E-state index in [9.17, 15) is 9.59 Å². The number of imide groups is 1. The van der Waals surface area contributed by atoms with Crippen LogP contribution in [0.4, 0.5) is 0 Å². The van der Waals surface area contributed by atoms with Crippen molar-refractivity contribution in [2.45, 2.75) is 6.42 Å². The zero-order valence-electron chi connectivity index (χ0n) is 16.0. The highest BCUT2D eigenvalue weighted by atomic mass is 35.5. The maximum atomic E-state index is 13.0. The molecule has 29 heavy (non-hydrogen) atoms. The summed E-state index contributed by atoms with van der Waals surface area (Å²) >= 11 is 6.27. The Morgan fingerprint density at radius 1 is 1.00 bits per heavy atom. The fourth-order valence-corrected chi connectivity index (χ4v) is 3.85. The number of halogens is 1. The van der Waals surface area contributed by atoms with Gasteiger partial charge in [0, 0.05) is 23.6 Å². The van der Waals surface area contributed by atoms with E-state index in [1.54, 1.807) is 18.2 Å². The van der Waals surface area contributed by atoms with Gasteiger partial charge in [-0.15, -0.1) is 0 Å². The Morgan fingerprint density at radius 2 is 1.76 bits per heavy atom. The predicted octanol–water partition coefficient (Wildman–Crippen LogP) is 3.75. The van der Waals surface area contributed by atoms with Gasteiger partial charge in [-0.05, 0) is 35.7 Å². The van der Waals surface area contributed by atoms with Crippen LogP contribution in [0.15, 0.2) is 53.7 Å². The van der Waals surface area contributed by atoms with Crippen LogP contribution in [-0.4, -0.2) is 42.5 Å². The molecule has 0 radical (unpaired) electrons.